The van der Waals surface area contributed by atoms with Crippen molar-refractivity contribution < 1.29 is 9.84 Å². The van der Waals surface area contributed by atoms with Crippen molar-refractivity contribution in [3.8, 4) is 0 Å². The van der Waals surface area contributed by atoms with Crippen molar-refractivity contribution in [2.24, 2.45) is 0 Å². The first kappa shape index (κ1) is 9.96. The summed E-state index contributed by atoms with van der Waals surface area (Å²) in [5.74, 6) is 0. The number of hydrogen-bond donors (Lipinski definition) is 1. The summed E-state index contributed by atoms with van der Waals surface area (Å²) in [5, 5.41) is 9.46. The standard InChI is InChI=1S/C9H19NO2/c1-9(2,3)10-4-5-12-7-8(11)6-10/h8,11H,4-7H2,1-3H3/t8-/m0/s1. The molecular formula is C9H19NO2. The summed E-state index contributed by atoms with van der Waals surface area (Å²) in [4.78, 5) is 2.25. The first-order chi connectivity index (χ1) is 5.50. The van der Waals surface area contributed by atoms with E-state index in [0.717, 1.165) is 19.7 Å². The SMILES string of the molecule is CC(C)(C)N1CCOC[C@@H](O)C1. The normalized spacial score (nSPS) is 28.5. The Morgan fingerprint density at radius 1 is 1.42 bits per heavy atom. The van der Waals surface area contributed by atoms with Crippen LogP contribution in [0.25, 0.3) is 0 Å². The molecule has 0 saturated carbocycles. The van der Waals surface area contributed by atoms with E-state index in [1.54, 1.807) is 0 Å². The number of aliphatic hydroxyl groups is 1. The largest absolute Gasteiger partial charge is 0.389 e. The van der Waals surface area contributed by atoms with E-state index in [-0.39, 0.29) is 11.6 Å². The summed E-state index contributed by atoms with van der Waals surface area (Å²) in [5.41, 5.74) is 0.134. The number of hydrogen-bond acceptors (Lipinski definition) is 3. The second-order valence-corrected chi connectivity index (χ2v) is 4.35. The van der Waals surface area contributed by atoms with Gasteiger partial charge >= 0.3 is 0 Å². The lowest BCUT2D eigenvalue weighted by Gasteiger charge is -2.34. The van der Waals surface area contributed by atoms with Gasteiger partial charge in [-0.25, -0.2) is 0 Å². The minimum atomic E-state index is -0.327. The second kappa shape index (κ2) is 3.73. The summed E-state index contributed by atoms with van der Waals surface area (Å²) in [6.45, 7) is 9.33. The Morgan fingerprint density at radius 3 is 2.67 bits per heavy atom. The zero-order valence-corrected chi connectivity index (χ0v) is 8.21. The Balaban J connectivity index is 2.52. The molecule has 0 spiro atoms. The molecule has 1 aliphatic rings. The Hall–Kier alpha value is -0.120. The fourth-order valence-corrected chi connectivity index (χ4v) is 1.40. The molecule has 1 fully saturated rings. The van der Waals surface area contributed by atoms with Gasteiger partial charge in [0.05, 0.1) is 19.3 Å². The van der Waals surface area contributed by atoms with Crippen LogP contribution in [0.5, 0.6) is 0 Å². The van der Waals surface area contributed by atoms with Crippen LogP contribution in [-0.4, -0.2) is 48.0 Å². The molecular weight excluding hydrogens is 154 g/mol. The third kappa shape index (κ3) is 2.73. The van der Waals surface area contributed by atoms with Crippen molar-refractivity contribution in [3.63, 3.8) is 0 Å². The summed E-state index contributed by atoms with van der Waals surface area (Å²) < 4.78 is 5.24. The van der Waals surface area contributed by atoms with Crippen molar-refractivity contribution in [3.05, 3.63) is 0 Å². The minimum absolute atomic E-state index is 0.134. The minimum Gasteiger partial charge on any atom is -0.389 e. The van der Waals surface area contributed by atoms with Crippen LogP contribution < -0.4 is 0 Å². The van der Waals surface area contributed by atoms with Gasteiger partial charge in [-0.15, -0.1) is 0 Å². The Morgan fingerprint density at radius 2 is 2.08 bits per heavy atom. The van der Waals surface area contributed by atoms with Gasteiger partial charge in [0.25, 0.3) is 0 Å². The highest BCUT2D eigenvalue weighted by Gasteiger charge is 2.25. The number of ether oxygens (including phenoxy) is 1. The van der Waals surface area contributed by atoms with E-state index in [0.29, 0.717) is 6.61 Å². The molecule has 0 aliphatic carbocycles. The van der Waals surface area contributed by atoms with Crippen molar-refractivity contribution >= 4 is 0 Å². The maximum Gasteiger partial charge on any atom is 0.0900 e. The number of rotatable bonds is 0. The third-order valence-electron chi connectivity index (χ3n) is 2.20. The number of nitrogens with zero attached hydrogens (tertiary/aromatic N) is 1. The summed E-state index contributed by atoms with van der Waals surface area (Å²) in [6, 6.07) is 0. The Bertz CT molecular complexity index is 142. The molecule has 1 N–H and O–H groups in total. The molecule has 1 atom stereocenters. The van der Waals surface area contributed by atoms with Gasteiger partial charge in [0, 0.05) is 18.6 Å². The third-order valence-corrected chi connectivity index (χ3v) is 2.20. The molecule has 0 aromatic heterocycles. The van der Waals surface area contributed by atoms with Gasteiger partial charge < -0.3 is 9.84 Å². The molecule has 0 aromatic rings. The van der Waals surface area contributed by atoms with Crippen molar-refractivity contribution in [1.29, 1.82) is 0 Å². The number of aliphatic hydroxyl groups excluding tert-OH is 1. The maximum atomic E-state index is 9.46. The molecule has 0 bridgehead atoms. The van der Waals surface area contributed by atoms with Gasteiger partial charge in [0.15, 0.2) is 0 Å². The lowest BCUT2D eigenvalue weighted by atomic mass is 10.1. The average Bonchev–Trinajstić information content (AvgIpc) is 2.11. The van der Waals surface area contributed by atoms with Crippen molar-refractivity contribution in [2.75, 3.05) is 26.3 Å². The zero-order chi connectivity index (χ0) is 9.19. The Labute approximate surface area is 74.3 Å². The van der Waals surface area contributed by atoms with Gasteiger partial charge in [-0.3, -0.25) is 4.90 Å². The summed E-state index contributed by atoms with van der Waals surface area (Å²) in [7, 11) is 0. The summed E-state index contributed by atoms with van der Waals surface area (Å²) in [6.07, 6.45) is -0.327. The molecule has 0 amide bonds. The molecule has 0 radical (unpaired) electrons. The Kier molecular flexibility index (Phi) is 3.09. The molecule has 1 heterocycles. The average molecular weight is 173 g/mol. The summed E-state index contributed by atoms with van der Waals surface area (Å²) >= 11 is 0. The van der Waals surface area contributed by atoms with Crippen LogP contribution >= 0.6 is 0 Å². The van der Waals surface area contributed by atoms with Gasteiger partial charge in [-0.05, 0) is 20.8 Å². The molecule has 0 unspecified atom stereocenters. The van der Waals surface area contributed by atoms with E-state index in [2.05, 4.69) is 25.7 Å². The first-order valence-corrected chi connectivity index (χ1v) is 4.51. The van der Waals surface area contributed by atoms with Gasteiger partial charge in [-0.1, -0.05) is 0 Å². The van der Waals surface area contributed by atoms with Crippen LogP contribution in [0.1, 0.15) is 20.8 Å². The number of β-amino-alcohol motifs (C(OH)–C–C–N with tert-alkyl or cyclic N) is 1. The van der Waals surface area contributed by atoms with Crippen LogP contribution in [0.15, 0.2) is 0 Å². The van der Waals surface area contributed by atoms with Crippen LogP contribution in [0.4, 0.5) is 0 Å². The molecule has 3 nitrogen and oxygen atoms in total. The topological polar surface area (TPSA) is 32.7 Å². The lowest BCUT2D eigenvalue weighted by molar-refractivity contribution is 0.0498. The van der Waals surface area contributed by atoms with Crippen LogP contribution in [0.3, 0.4) is 0 Å². The molecule has 3 heteroatoms. The monoisotopic (exact) mass is 173 g/mol. The van der Waals surface area contributed by atoms with Gasteiger partial charge in [-0.2, -0.15) is 0 Å². The molecule has 0 aromatic carbocycles. The second-order valence-electron chi connectivity index (χ2n) is 4.35. The van der Waals surface area contributed by atoms with Crippen molar-refractivity contribution in [2.45, 2.75) is 32.4 Å². The van der Waals surface area contributed by atoms with E-state index in [1.165, 1.54) is 0 Å². The van der Waals surface area contributed by atoms with Crippen LogP contribution in [0.2, 0.25) is 0 Å². The van der Waals surface area contributed by atoms with Gasteiger partial charge in [0.1, 0.15) is 0 Å². The quantitative estimate of drug-likeness (QED) is 0.578. The van der Waals surface area contributed by atoms with Crippen LogP contribution in [-0.2, 0) is 4.74 Å². The molecule has 1 saturated heterocycles. The predicted molar refractivity (Wildman–Crippen MR) is 48.2 cm³/mol. The highest BCUT2D eigenvalue weighted by atomic mass is 16.5. The van der Waals surface area contributed by atoms with E-state index < -0.39 is 0 Å². The van der Waals surface area contributed by atoms with Gasteiger partial charge in [0.2, 0.25) is 0 Å². The maximum absolute atomic E-state index is 9.46. The molecule has 72 valence electrons. The fraction of sp³-hybridized carbons (Fsp3) is 1.00. The molecule has 1 aliphatic heterocycles. The molecule has 1 rings (SSSR count). The van der Waals surface area contributed by atoms with Crippen LogP contribution in [0, 0.1) is 0 Å². The van der Waals surface area contributed by atoms with Crippen molar-refractivity contribution in [1.82, 2.24) is 4.90 Å². The highest BCUT2D eigenvalue weighted by molar-refractivity contribution is 4.79. The molecule has 12 heavy (non-hydrogen) atoms. The highest BCUT2D eigenvalue weighted by Crippen LogP contribution is 2.14. The zero-order valence-electron chi connectivity index (χ0n) is 8.21. The smallest absolute Gasteiger partial charge is 0.0900 e. The first-order valence-electron chi connectivity index (χ1n) is 4.51. The van der Waals surface area contributed by atoms with E-state index in [9.17, 15) is 5.11 Å². The fourth-order valence-electron chi connectivity index (χ4n) is 1.40. The predicted octanol–water partition coefficient (Wildman–Crippen LogP) is 0.478. The van der Waals surface area contributed by atoms with E-state index >= 15 is 0 Å². The van der Waals surface area contributed by atoms with E-state index in [1.807, 2.05) is 0 Å². The lowest BCUT2D eigenvalue weighted by Crippen LogP contribution is -2.45. The van der Waals surface area contributed by atoms with E-state index in [4.69, 9.17) is 4.74 Å².